The second kappa shape index (κ2) is 5.20. The van der Waals surface area contributed by atoms with Crippen LogP contribution in [-0.4, -0.2) is 25.0 Å². The molecule has 0 fully saturated rings. The quantitative estimate of drug-likeness (QED) is 0.434. The van der Waals surface area contributed by atoms with Crippen molar-refractivity contribution in [2.45, 2.75) is 19.4 Å². The predicted molar refractivity (Wildman–Crippen MR) is 40.3 cm³/mol. The van der Waals surface area contributed by atoms with E-state index in [9.17, 15) is 4.79 Å². The molecule has 0 saturated heterocycles. The molecular formula is C6H15N3O. The molecule has 0 aromatic rings. The van der Waals surface area contributed by atoms with Crippen LogP contribution in [0.25, 0.3) is 0 Å². The van der Waals surface area contributed by atoms with E-state index in [1.54, 1.807) is 6.92 Å². The zero-order chi connectivity index (χ0) is 7.98. The van der Waals surface area contributed by atoms with Crippen LogP contribution < -0.4 is 16.8 Å². The summed E-state index contributed by atoms with van der Waals surface area (Å²) in [5.41, 5.74) is 10.5. The monoisotopic (exact) mass is 145 g/mol. The highest BCUT2D eigenvalue weighted by Crippen LogP contribution is 1.75. The number of hydrogen-bond acceptors (Lipinski definition) is 3. The Bertz CT molecular complexity index is 103. The van der Waals surface area contributed by atoms with Gasteiger partial charge in [-0.2, -0.15) is 0 Å². The standard InChI is InChI=1S/C6H15N3O/c1-5(8)6(10)9-4-2-3-7/h5H,2-4,7-8H2,1H3,(H,9,10). The van der Waals surface area contributed by atoms with Crippen LogP contribution in [0, 0.1) is 0 Å². The molecular weight excluding hydrogens is 130 g/mol. The third kappa shape index (κ3) is 4.29. The smallest absolute Gasteiger partial charge is 0.236 e. The number of carbonyl (C=O) groups excluding carboxylic acids is 1. The molecule has 0 aliphatic heterocycles. The van der Waals surface area contributed by atoms with Gasteiger partial charge in [0.05, 0.1) is 6.04 Å². The lowest BCUT2D eigenvalue weighted by molar-refractivity contribution is -0.121. The Morgan fingerprint density at radius 2 is 2.30 bits per heavy atom. The molecule has 0 spiro atoms. The lowest BCUT2D eigenvalue weighted by Gasteiger charge is -2.05. The minimum Gasteiger partial charge on any atom is -0.355 e. The van der Waals surface area contributed by atoms with Gasteiger partial charge in [0.25, 0.3) is 0 Å². The van der Waals surface area contributed by atoms with E-state index in [0.717, 1.165) is 6.42 Å². The lowest BCUT2D eigenvalue weighted by atomic mass is 10.3. The molecule has 0 rings (SSSR count). The van der Waals surface area contributed by atoms with Gasteiger partial charge in [0.2, 0.25) is 5.91 Å². The number of nitrogens with one attached hydrogen (secondary N) is 1. The molecule has 1 amide bonds. The third-order valence-electron chi connectivity index (χ3n) is 1.09. The first-order valence-corrected chi connectivity index (χ1v) is 3.42. The maximum atomic E-state index is 10.7. The largest absolute Gasteiger partial charge is 0.355 e. The molecule has 0 aliphatic rings. The predicted octanol–water partition coefficient (Wildman–Crippen LogP) is -1.20. The van der Waals surface area contributed by atoms with Crippen molar-refractivity contribution in [2.75, 3.05) is 13.1 Å². The first kappa shape index (κ1) is 9.39. The summed E-state index contributed by atoms with van der Waals surface area (Å²) in [5, 5.41) is 2.64. The summed E-state index contributed by atoms with van der Waals surface area (Å²) in [6.07, 6.45) is 0.804. The molecule has 1 unspecified atom stereocenters. The van der Waals surface area contributed by atoms with Crippen LogP contribution in [-0.2, 0) is 4.79 Å². The van der Waals surface area contributed by atoms with Gasteiger partial charge in [0, 0.05) is 6.54 Å². The average Bonchev–Trinajstić information content (AvgIpc) is 1.88. The Balaban J connectivity index is 3.22. The highest BCUT2D eigenvalue weighted by Gasteiger charge is 2.03. The Kier molecular flexibility index (Phi) is 4.88. The molecule has 5 N–H and O–H groups in total. The zero-order valence-corrected chi connectivity index (χ0v) is 6.26. The van der Waals surface area contributed by atoms with Crippen LogP contribution >= 0.6 is 0 Å². The molecule has 4 heteroatoms. The van der Waals surface area contributed by atoms with Crippen molar-refractivity contribution in [1.82, 2.24) is 5.32 Å². The minimum atomic E-state index is -0.419. The van der Waals surface area contributed by atoms with Crippen LogP contribution in [0.2, 0.25) is 0 Å². The van der Waals surface area contributed by atoms with Gasteiger partial charge in [-0.1, -0.05) is 0 Å². The fourth-order valence-corrected chi connectivity index (χ4v) is 0.475. The average molecular weight is 145 g/mol. The van der Waals surface area contributed by atoms with E-state index in [4.69, 9.17) is 11.5 Å². The van der Waals surface area contributed by atoms with E-state index in [2.05, 4.69) is 5.32 Å². The third-order valence-corrected chi connectivity index (χ3v) is 1.09. The molecule has 0 aromatic heterocycles. The van der Waals surface area contributed by atoms with Crippen molar-refractivity contribution in [3.05, 3.63) is 0 Å². The van der Waals surface area contributed by atoms with Gasteiger partial charge in [0.15, 0.2) is 0 Å². The Labute approximate surface area is 61.0 Å². The highest BCUT2D eigenvalue weighted by atomic mass is 16.2. The molecule has 0 saturated carbocycles. The summed E-state index contributed by atoms with van der Waals surface area (Å²) in [6.45, 7) is 2.87. The van der Waals surface area contributed by atoms with Crippen molar-refractivity contribution < 1.29 is 4.79 Å². The zero-order valence-electron chi connectivity index (χ0n) is 6.26. The second-order valence-electron chi connectivity index (χ2n) is 2.22. The summed E-state index contributed by atoms with van der Waals surface area (Å²) in [6, 6.07) is -0.419. The van der Waals surface area contributed by atoms with Crippen LogP contribution in [0.5, 0.6) is 0 Å². The second-order valence-corrected chi connectivity index (χ2v) is 2.22. The van der Waals surface area contributed by atoms with Crippen molar-refractivity contribution in [3.8, 4) is 0 Å². The molecule has 10 heavy (non-hydrogen) atoms. The topological polar surface area (TPSA) is 81.1 Å². The molecule has 0 radical (unpaired) electrons. The molecule has 0 aliphatic carbocycles. The van der Waals surface area contributed by atoms with Gasteiger partial charge in [-0.05, 0) is 19.9 Å². The fraction of sp³-hybridized carbons (Fsp3) is 0.833. The molecule has 1 atom stereocenters. The van der Waals surface area contributed by atoms with Crippen LogP contribution in [0.1, 0.15) is 13.3 Å². The Morgan fingerprint density at radius 3 is 2.70 bits per heavy atom. The summed E-state index contributed by atoms with van der Waals surface area (Å²) >= 11 is 0. The van der Waals surface area contributed by atoms with Gasteiger partial charge >= 0.3 is 0 Å². The van der Waals surface area contributed by atoms with Crippen molar-refractivity contribution in [2.24, 2.45) is 11.5 Å². The van der Waals surface area contributed by atoms with E-state index in [1.165, 1.54) is 0 Å². The molecule has 0 aromatic carbocycles. The Hall–Kier alpha value is -0.610. The van der Waals surface area contributed by atoms with Gasteiger partial charge in [0.1, 0.15) is 0 Å². The van der Waals surface area contributed by atoms with Crippen LogP contribution in [0.4, 0.5) is 0 Å². The normalized spacial score (nSPS) is 12.7. The first-order chi connectivity index (χ1) is 4.68. The fourth-order valence-electron chi connectivity index (χ4n) is 0.475. The first-order valence-electron chi connectivity index (χ1n) is 3.42. The van der Waals surface area contributed by atoms with E-state index in [0.29, 0.717) is 13.1 Å². The van der Waals surface area contributed by atoms with Gasteiger partial charge < -0.3 is 16.8 Å². The highest BCUT2D eigenvalue weighted by molar-refractivity contribution is 5.80. The number of nitrogens with two attached hydrogens (primary N) is 2. The molecule has 60 valence electrons. The van der Waals surface area contributed by atoms with Crippen molar-refractivity contribution in [1.29, 1.82) is 0 Å². The van der Waals surface area contributed by atoms with E-state index in [1.807, 2.05) is 0 Å². The number of hydrogen-bond donors (Lipinski definition) is 3. The summed E-state index contributed by atoms with van der Waals surface area (Å²) < 4.78 is 0. The molecule has 4 nitrogen and oxygen atoms in total. The van der Waals surface area contributed by atoms with E-state index >= 15 is 0 Å². The minimum absolute atomic E-state index is 0.117. The molecule has 0 heterocycles. The van der Waals surface area contributed by atoms with E-state index in [-0.39, 0.29) is 5.91 Å². The van der Waals surface area contributed by atoms with Gasteiger partial charge in [-0.25, -0.2) is 0 Å². The maximum Gasteiger partial charge on any atom is 0.236 e. The summed E-state index contributed by atoms with van der Waals surface area (Å²) in [5.74, 6) is -0.117. The van der Waals surface area contributed by atoms with Crippen molar-refractivity contribution >= 4 is 5.91 Å². The van der Waals surface area contributed by atoms with Crippen molar-refractivity contribution in [3.63, 3.8) is 0 Å². The van der Waals surface area contributed by atoms with E-state index < -0.39 is 6.04 Å². The van der Waals surface area contributed by atoms with Crippen LogP contribution in [0.3, 0.4) is 0 Å². The Morgan fingerprint density at radius 1 is 1.70 bits per heavy atom. The van der Waals surface area contributed by atoms with Gasteiger partial charge in [-0.15, -0.1) is 0 Å². The SMILES string of the molecule is CC(N)C(=O)NCCCN. The van der Waals surface area contributed by atoms with Gasteiger partial charge in [-0.3, -0.25) is 4.79 Å². The number of amides is 1. The molecule has 0 bridgehead atoms. The number of carbonyl (C=O) groups is 1. The lowest BCUT2D eigenvalue weighted by Crippen LogP contribution is -2.39. The van der Waals surface area contributed by atoms with Crippen LogP contribution in [0.15, 0.2) is 0 Å². The summed E-state index contributed by atoms with van der Waals surface area (Å²) in [7, 11) is 0. The maximum absolute atomic E-state index is 10.7. The number of rotatable bonds is 4. The summed E-state index contributed by atoms with van der Waals surface area (Å²) in [4.78, 5) is 10.7.